The zero-order valence-electron chi connectivity index (χ0n) is 12.6. The van der Waals surface area contributed by atoms with Gasteiger partial charge in [0.1, 0.15) is 6.54 Å². The van der Waals surface area contributed by atoms with Crippen molar-refractivity contribution in [3.8, 4) is 0 Å². The number of methoxy groups -OCH3 is 1. The van der Waals surface area contributed by atoms with Gasteiger partial charge in [-0.3, -0.25) is 4.79 Å². The van der Waals surface area contributed by atoms with E-state index in [0.717, 1.165) is 30.6 Å². The molecule has 3 rings (SSSR count). The summed E-state index contributed by atoms with van der Waals surface area (Å²) < 4.78 is 7.14. The van der Waals surface area contributed by atoms with Crippen molar-refractivity contribution in [3.63, 3.8) is 0 Å². The van der Waals surface area contributed by atoms with Crippen LogP contribution in [0.1, 0.15) is 25.7 Å². The zero-order chi connectivity index (χ0) is 15.5. The molecule has 1 aliphatic rings. The van der Waals surface area contributed by atoms with Crippen LogP contribution in [0, 0.1) is 0 Å². The van der Waals surface area contributed by atoms with Gasteiger partial charge in [-0.15, -0.1) is 5.10 Å². The Kier molecular flexibility index (Phi) is 4.08. The molecule has 0 radical (unpaired) electrons. The summed E-state index contributed by atoms with van der Waals surface area (Å²) >= 11 is 0. The van der Waals surface area contributed by atoms with Crippen molar-refractivity contribution >= 4 is 17.4 Å². The lowest BCUT2D eigenvalue weighted by Crippen LogP contribution is -2.26. The smallest absolute Gasteiger partial charge is 0.351 e. The molecule has 22 heavy (non-hydrogen) atoms. The van der Waals surface area contributed by atoms with Gasteiger partial charge in [-0.05, 0) is 12.8 Å². The van der Waals surface area contributed by atoms with Crippen LogP contribution in [-0.2, 0) is 16.1 Å². The molecule has 3 heterocycles. The van der Waals surface area contributed by atoms with E-state index in [-0.39, 0.29) is 12.2 Å². The fraction of sp³-hybridized carbons (Fsp3) is 0.571. The Morgan fingerprint density at radius 3 is 2.68 bits per heavy atom. The quantitative estimate of drug-likeness (QED) is 0.766. The third kappa shape index (κ3) is 2.68. The Morgan fingerprint density at radius 2 is 2.00 bits per heavy atom. The summed E-state index contributed by atoms with van der Waals surface area (Å²) in [6.45, 7) is 1.62. The maximum absolute atomic E-state index is 12.3. The number of anilines is 1. The first-order valence-corrected chi connectivity index (χ1v) is 7.46. The molecule has 0 atom stereocenters. The van der Waals surface area contributed by atoms with Gasteiger partial charge in [-0.1, -0.05) is 12.8 Å². The number of nitrogens with zero attached hydrogens (tertiary/aromatic N) is 5. The molecule has 0 bridgehead atoms. The normalized spacial score (nSPS) is 15.8. The molecule has 1 aliphatic heterocycles. The zero-order valence-corrected chi connectivity index (χ0v) is 12.6. The molecule has 0 N–H and O–H groups in total. The molecule has 1 saturated heterocycles. The van der Waals surface area contributed by atoms with E-state index < -0.39 is 5.97 Å². The van der Waals surface area contributed by atoms with Crippen LogP contribution in [0.4, 0.5) is 5.82 Å². The molecular weight excluding hydrogens is 286 g/mol. The van der Waals surface area contributed by atoms with Gasteiger partial charge in [0.15, 0.2) is 5.82 Å². The van der Waals surface area contributed by atoms with Gasteiger partial charge in [0.05, 0.1) is 7.11 Å². The highest BCUT2D eigenvalue weighted by atomic mass is 16.5. The summed E-state index contributed by atoms with van der Waals surface area (Å²) in [6.07, 6.45) is 7.80. The predicted molar refractivity (Wildman–Crippen MR) is 79.9 cm³/mol. The van der Waals surface area contributed by atoms with Crippen molar-refractivity contribution < 1.29 is 9.53 Å². The predicted octanol–water partition coefficient (Wildman–Crippen LogP) is 0.444. The van der Waals surface area contributed by atoms with Crippen LogP contribution >= 0.6 is 0 Å². The lowest BCUT2D eigenvalue weighted by atomic mass is 10.2. The van der Waals surface area contributed by atoms with E-state index in [4.69, 9.17) is 0 Å². The van der Waals surface area contributed by atoms with E-state index in [1.807, 2.05) is 0 Å². The van der Waals surface area contributed by atoms with Gasteiger partial charge >= 0.3 is 11.7 Å². The first kappa shape index (κ1) is 14.6. The third-order valence-electron chi connectivity index (χ3n) is 3.90. The lowest BCUT2D eigenvalue weighted by molar-refractivity contribution is -0.141. The summed E-state index contributed by atoms with van der Waals surface area (Å²) in [5, 5.41) is 4.27. The van der Waals surface area contributed by atoms with Crippen molar-refractivity contribution in [2.24, 2.45) is 0 Å². The van der Waals surface area contributed by atoms with Crippen LogP contribution in [0.25, 0.3) is 5.65 Å². The number of carbonyl (C=O) groups excluding carboxylic acids is 1. The highest BCUT2D eigenvalue weighted by molar-refractivity contribution is 5.69. The second-order valence-corrected chi connectivity index (χ2v) is 5.36. The first-order chi connectivity index (χ1) is 10.7. The molecule has 8 nitrogen and oxygen atoms in total. The van der Waals surface area contributed by atoms with Crippen LogP contribution in [0.5, 0.6) is 0 Å². The van der Waals surface area contributed by atoms with Crippen molar-refractivity contribution in [2.45, 2.75) is 32.2 Å². The molecule has 0 saturated carbocycles. The Hall–Kier alpha value is -2.38. The van der Waals surface area contributed by atoms with Gasteiger partial charge in [-0.25, -0.2) is 18.9 Å². The number of carbonyl (C=O) groups is 1. The molecule has 0 spiro atoms. The van der Waals surface area contributed by atoms with Crippen LogP contribution in [0.3, 0.4) is 0 Å². The average molecular weight is 305 g/mol. The van der Waals surface area contributed by atoms with Crippen LogP contribution in [-0.4, -0.2) is 45.3 Å². The van der Waals surface area contributed by atoms with Gasteiger partial charge in [0, 0.05) is 25.5 Å². The molecule has 0 aromatic carbocycles. The molecule has 8 heteroatoms. The fourth-order valence-corrected chi connectivity index (χ4v) is 2.73. The summed E-state index contributed by atoms with van der Waals surface area (Å²) in [4.78, 5) is 30.2. The molecular formula is C14H19N5O3. The first-order valence-electron chi connectivity index (χ1n) is 7.46. The number of ether oxygens (including phenoxy) is 1. The number of fused-ring (bicyclic) bond motifs is 1. The van der Waals surface area contributed by atoms with Gasteiger partial charge in [0.25, 0.3) is 0 Å². The van der Waals surface area contributed by atoms with E-state index in [1.54, 1.807) is 12.4 Å². The van der Waals surface area contributed by atoms with Gasteiger partial charge < -0.3 is 9.64 Å². The average Bonchev–Trinajstić information content (AvgIpc) is 2.73. The summed E-state index contributed by atoms with van der Waals surface area (Å²) in [6, 6.07) is 0. The molecule has 0 aliphatic carbocycles. The minimum Gasteiger partial charge on any atom is -0.468 e. The number of rotatable bonds is 3. The largest absolute Gasteiger partial charge is 0.468 e. The summed E-state index contributed by atoms with van der Waals surface area (Å²) in [5.41, 5.74) is 0.122. The van der Waals surface area contributed by atoms with Crippen molar-refractivity contribution in [1.29, 1.82) is 0 Å². The Labute approximate surface area is 127 Å². The van der Waals surface area contributed by atoms with E-state index in [2.05, 4.69) is 19.7 Å². The minimum atomic E-state index is -0.505. The van der Waals surface area contributed by atoms with Crippen LogP contribution < -0.4 is 10.6 Å². The van der Waals surface area contributed by atoms with Crippen LogP contribution in [0.2, 0.25) is 0 Å². The molecule has 2 aromatic rings. The monoisotopic (exact) mass is 305 g/mol. The fourth-order valence-electron chi connectivity index (χ4n) is 2.73. The molecule has 118 valence electrons. The Bertz CT molecular complexity index is 728. The van der Waals surface area contributed by atoms with E-state index >= 15 is 0 Å². The van der Waals surface area contributed by atoms with Crippen molar-refractivity contribution in [1.82, 2.24) is 19.2 Å². The SMILES string of the molecule is COC(=O)Cn1nc2c(N3CCCCCC3)nccn2c1=O. The maximum atomic E-state index is 12.3. The Morgan fingerprint density at radius 1 is 1.27 bits per heavy atom. The summed E-state index contributed by atoms with van der Waals surface area (Å²) in [5.74, 6) is 0.194. The highest BCUT2D eigenvalue weighted by Crippen LogP contribution is 2.20. The summed E-state index contributed by atoms with van der Waals surface area (Å²) in [7, 11) is 1.29. The minimum absolute atomic E-state index is 0.198. The van der Waals surface area contributed by atoms with E-state index in [9.17, 15) is 9.59 Å². The number of aromatic nitrogens is 4. The lowest BCUT2D eigenvalue weighted by Gasteiger charge is -2.20. The number of hydrogen-bond donors (Lipinski definition) is 0. The van der Waals surface area contributed by atoms with Gasteiger partial charge in [-0.2, -0.15) is 0 Å². The molecule has 0 amide bonds. The molecule has 1 fully saturated rings. The Balaban J connectivity index is 2.02. The molecule has 2 aromatic heterocycles. The van der Waals surface area contributed by atoms with Gasteiger partial charge in [0.2, 0.25) is 5.65 Å². The molecule has 0 unspecified atom stereocenters. The second kappa shape index (κ2) is 6.17. The maximum Gasteiger partial charge on any atom is 0.351 e. The van der Waals surface area contributed by atoms with E-state index in [1.165, 1.54) is 24.4 Å². The third-order valence-corrected chi connectivity index (χ3v) is 3.90. The van der Waals surface area contributed by atoms with Crippen molar-refractivity contribution in [2.75, 3.05) is 25.1 Å². The second-order valence-electron chi connectivity index (χ2n) is 5.36. The topological polar surface area (TPSA) is 81.7 Å². The van der Waals surface area contributed by atoms with Crippen LogP contribution in [0.15, 0.2) is 17.2 Å². The highest BCUT2D eigenvalue weighted by Gasteiger charge is 2.19. The standard InChI is InChI=1S/C14H19N5O3/c1-22-11(20)10-19-14(21)18-9-6-15-12(13(18)16-19)17-7-4-2-3-5-8-17/h6,9H,2-5,7-8,10H2,1H3. The van der Waals surface area contributed by atoms with Crippen molar-refractivity contribution in [3.05, 3.63) is 22.9 Å². The number of esters is 1. The van der Waals surface area contributed by atoms with E-state index in [0.29, 0.717) is 11.5 Å². The number of hydrogen-bond acceptors (Lipinski definition) is 6.